The lowest BCUT2D eigenvalue weighted by Crippen LogP contribution is -2.41. The molecule has 0 unspecified atom stereocenters. The zero-order valence-corrected chi connectivity index (χ0v) is 15.7. The van der Waals surface area contributed by atoms with Gasteiger partial charge in [0.15, 0.2) is 0 Å². The lowest BCUT2D eigenvalue weighted by Gasteiger charge is -2.18. The van der Waals surface area contributed by atoms with E-state index in [4.69, 9.17) is 4.42 Å². The molecule has 1 aromatic heterocycles. The van der Waals surface area contributed by atoms with Gasteiger partial charge >= 0.3 is 0 Å². The number of anilines is 1. The third kappa shape index (κ3) is 5.60. The van der Waals surface area contributed by atoms with Crippen LogP contribution in [0.4, 0.5) is 5.69 Å². The number of nitrogens with zero attached hydrogens (tertiary/aromatic N) is 1. The van der Waals surface area contributed by atoms with Crippen LogP contribution in [0.15, 0.2) is 47.1 Å². The minimum Gasteiger partial charge on any atom is -0.467 e. The molecular formula is C20H24N4O4. The second-order valence-electron chi connectivity index (χ2n) is 6.75. The molecule has 28 heavy (non-hydrogen) atoms. The van der Waals surface area contributed by atoms with E-state index < -0.39 is 0 Å². The predicted octanol–water partition coefficient (Wildman–Crippen LogP) is 1.36. The van der Waals surface area contributed by atoms with Gasteiger partial charge < -0.3 is 25.3 Å². The summed E-state index contributed by atoms with van der Waals surface area (Å²) in [6.07, 6.45) is 3.55. The number of likely N-dealkylation sites (N-methyl/N-ethyl adjacent to an activating group) is 1. The van der Waals surface area contributed by atoms with Crippen LogP contribution in [0.1, 0.15) is 29.0 Å². The van der Waals surface area contributed by atoms with Crippen molar-refractivity contribution in [2.75, 3.05) is 25.5 Å². The standard InChI is InChI=1S/C20H24N4O4/c1-24(13-18(25)23-14-8-9-14)19(26)12-21-17-7-3-2-6-16(17)20(27)22-11-15-5-4-10-28-15/h2-7,10,14,21H,8-9,11-13H2,1H3,(H,22,27)(H,23,25). The molecule has 0 radical (unpaired) electrons. The van der Waals surface area contributed by atoms with Crippen molar-refractivity contribution in [3.8, 4) is 0 Å². The lowest BCUT2D eigenvalue weighted by molar-refractivity contribution is -0.133. The van der Waals surface area contributed by atoms with E-state index >= 15 is 0 Å². The summed E-state index contributed by atoms with van der Waals surface area (Å²) in [5.74, 6) is -0.0167. The topological polar surface area (TPSA) is 104 Å². The fourth-order valence-electron chi connectivity index (χ4n) is 2.62. The first-order valence-corrected chi connectivity index (χ1v) is 9.19. The van der Waals surface area contributed by atoms with Crippen LogP contribution in [0.2, 0.25) is 0 Å². The van der Waals surface area contributed by atoms with Crippen LogP contribution in [-0.4, -0.2) is 48.8 Å². The first-order chi connectivity index (χ1) is 13.5. The van der Waals surface area contributed by atoms with E-state index in [1.54, 1.807) is 49.7 Å². The molecule has 1 aromatic carbocycles. The number of hydrogen-bond acceptors (Lipinski definition) is 5. The second kappa shape index (κ2) is 9.07. The summed E-state index contributed by atoms with van der Waals surface area (Å²) >= 11 is 0. The first kappa shape index (κ1) is 19.5. The zero-order chi connectivity index (χ0) is 19.9. The van der Waals surface area contributed by atoms with Crippen LogP contribution < -0.4 is 16.0 Å². The molecular weight excluding hydrogens is 360 g/mol. The van der Waals surface area contributed by atoms with Gasteiger partial charge in [0.05, 0.1) is 31.5 Å². The minimum absolute atomic E-state index is 0.0162. The Balaban J connectivity index is 1.51. The van der Waals surface area contributed by atoms with Gasteiger partial charge in [-0.2, -0.15) is 0 Å². The maximum Gasteiger partial charge on any atom is 0.253 e. The first-order valence-electron chi connectivity index (χ1n) is 9.19. The minimum atomic E-state index is -0.274. The van der Waals surface area contributed by atoms with E-state index in [1.165, 1.54) is 4.90 Å². The van der Waals surface area contributed by atoms with Crippen LogP contribution >= 0.6 is 0 Å². The van der Waals surface area contributed by atoms with Gasteiger partial charge in [-0.05, 0) is 37.1 Å². The van der Waals surface area contributed by atoms with E-state index in [1.807, 2.05) is 0 Å². The van der Waals surface area contributed by atoms with Crippen molar-refractivity contribution < 1.29 is 18.8 Å². The average molecular weight is 384 g/mol. The van der Waals surface area contributed by atoms with Gasteiger partial charge in [0.2, 0.25) is 11.8 Å². The third-order valence-corrected chi connectivity index (χ3v) is 4.35. The molecule has 3 amide bonds. The summed E-state index contributed by atoms with van der Waals surface area (Å²) in [7, 11) is 1.58. The Morgan fingerprint density at radius 1 is 1.14 bits per heavy atom. The number of hydrogen-bond donors (Lipinski definition) is 3. The zero-order valence-electron chi connectivity index (χ0n) is 15.7. The van der Waals surface area contributed by atoms with Gasteiger partial charge in [-0.1, -0.05) is 12.1 Å². The molecule has 8 nitrogen and oxygen atoms in total. The van der Waals surface area contributed by atoms with Crippen molar-refractivity contribution >= 4 is 23.4 Å². The van der Waals surface area contributed by atoms with E-state index in [0.29, 0.717) is 17.0 Å². The van der Waals surface area contributed by atoms with Crippen molar-refractivity contribution in [2.24, 2.45) is 0 Å². The van der Waals surface area contributed by atoms with Crippen LogP contribution in [0.3, 0.4) is 0 Å². The van der Waals surface area contributed by atoms with Gasteiger partial charge in [-0.25, -0.2) is 0 Å². The van der Waals surface area contributed by atoms with Gasteiger partial charge in [0.1, 0.15) is 5.76 Å². The molecule has 0 spiro atoms. The predicted molar refractivity (Wildman–Crippen MR) is 104 cm³/mol. The molecule has 2 aromatic rings. The SMILES string of the molecule is CN(CC(=O)NC1CC1)C(=O)CNc1ccccc1C(=O)NCc1ccco1. The number of para-hydroxylation sites is 1. The molecule has 0 atom stereocenters. The maximum atomic E-state index is 12.5. The van der Waals surface area contributed by atoms with Crippen molar-refractivity contribution in [3.05, 3.63) is 54.0 Å². The van der Waals surface area contributed by atoms with Crippen molar-refractivity contribution in [3.63, 3.8) is 0 Å². The van der Waals surface area contributed by atoms with Crippen LogP contribution in [-0.2, 0) is 16.1 Å². The number of furan rings is 1. The largest absolute Gasteiger partial charge is 0.467 e. The highest BCUT2D eigenvalue weighted by molar-refractivity contribution is 6.00. The number of amides is 3. The third-order valence-electron chi connectivity index (χ3n) is 4.35. The van der Waals surface area contributed by atoms with E-state index in [0.717, 1.165) is 12.8 Å². The van der Waals surface area contributed by atoms with E-state index in [-0.39, 0.29) is 43.4 Å². The fraction of sp³-hybridized carbons (Fsp3) is 0.350. The molecule has 1 aliphatic rings. The lowest BCUT2D eigenvalue weighted by atomic mass is 10.1. The molecule has 1 heterocycles. The van der Waals surface area contributed by atoms with Crippen molar-refractivity contribution in [1.82, 2.24) is 15.5 Å². The molecule has 1 aliphatic carbocycles. The summed E-state index contributed by atoms with van der Waals surface area (Å²) in [6, 6.07) is 10.7. The molecule has 1 fully saturated rings. The summed E-state index contributed by atoms with van der Waals surface area (Å²) in [6.45, 7) is 0.274. The Kier molecular flexibility index (Phi) is 6.31. The van der Waals surface area contributed by atoms with E-state index in [2.05, 4.69) is 16.0 Å². The van der Waals surface area contributed by atoms with Crippen molar-refractivity contribution in [2.45, 2.75) is 25.4 Å². The molecule has 0 saturated heterocycles. The van der Waals surface area contributed by atoms with Crippen LogP contribution in [0, 0.1) is 0 Å². The highest BCUT2D eigenvalue weighted by Gasteiger charge is 2.24. The Morgan fingerprint density at radius 3 is 2.64 bits per heavy atom. The average Bonchev–Trinajstić information content (AvgIpc) is 3.34. The smallest absolute Gasteiger partial charge is 0.253 e. The van der Waals surface area contributed by atoms with Crippen molar-refractivity contribution in [1.29, 1.82) is 0 Å². The Labute approximate surface area is 163 Å². The van der Waals surface area contributed by atoms with E-state index in [9.17, 15) is 14.4 Å². The highest BCUT2D eigenvalue weighted by Crippen LogP contribution is 2.18. The summed E-state index contributed by atoms with van der Waals surface area (Å²) < 4.78 is 5.20. The second-order valence-corrected chi connectivity index (χ2v) is 6.75. The molecule has 148 valence electrons. The quantitative estimate of drug-likeness (QED) is 0.606. The maximum absolute atomic E-state index is 12.5. The Bertz CT molecular complexity index is 830. The molecule has 3 rings (SSSR count). The molecule has 0 aliphatic heterocycles. The molecule has 3 N–H and O–H groups in total. The molecule has 0 bridgehead atoms. The fourth-order valence-corrected chi connectivity index (χ4v) is 2.62. The van der Waals surface area contributed by atoms with Gasteiger partial charge in [0, 0.05) is 18.8 Å². The van der Waals surface area contributed by atoms with Gasteiger partial charge in [-0.3, -0.25) is 14.4 Å². The number of rotatable bonds is 9. The molecule has 8 heteroatoms. The summed E-state index contributed by atoms with van der Waals surface area (Å²) in [5, 5.41) is 8.62. The highest BCUT2D eigenvalue weighted by atomic mass is 16.3. The van der Waals surface area contributed by atoms with Gasteiger partial charge in [-0.15, -0.1) is 0 Å². The Hall–Kier alpha value is -3.29. The number of carbonyl (C=O) groups excluding carboxylic acids is 3. The normalized spacial score (nSPS) is 12.9. The monoisotopic (exact) mass is 384 g/mol. The number of nitrogens with one attached hydrogen (secondary N) is 3. The van der Waals surface area contributed by atoms with Crippen LogP contribution in [0.25, 0.3) is 0 Å². The number of benzene rings is 1. The van der Waals surface area contributed by atoms with Gasteiger partial charge in [0.25, 0.3) is 5.91 Å². The number of carbonyl (C=O) groups is 3. The summed E-state index contributed by atoms with van der Waals surface area (Å²) in [5.41, 5.74) is 0.972. The molecule has 1 saturated carbocycles. The Morgan fingerprint density at radius 2 is 1.93 bits per heavy atom. The summed E-state index contributed by atoms with van der Waals surface area (Å²) in [4.78, 5) is 37.9. The van der Waals surface area contributed by atoms with Crippen LogP contribution in [0.5, 0.6) is 0 Å².